The normalized spacial score (nSPS) is 11.1. The number of ketones is 1. The molecule has 0 saturated carbocycles. The number of hydrogen-bond donors (Lipinski definition) is 1. The number of hydrazone groups is 1. The molecule has 5 aromatic carbocycles. The van der Waals surface area contributed by atoms with Crippen molar-refractivity contribution in [1.82, 2.24) is 4.83 Å². The third kappa shape index (κ3) is 11.6. The molecule has 0 aliphatic carbocycles. The number of carbonyl (C=O) groups is 3. The van der Waals surface area contributed by atoms with Crippen molar-refractivity contribution >= 4 is 33.5 Å². The van der Waals surface area contributed by atoms with Crippen LogP contribution in [0.15, 0.2) is 143 Å². The van der Waals surface area contributed by atoms with Gasteiger partial charge in [0.15, 0.2) is 5.78 Å². The molecule has 0 aromatic heterocycles. The number of aryl methyl sites for hydroxylation is 1. The van der Waals surface area contributed by atoms with Gasteiger partial charge in [0, 0.05) is 18.4 Å². The van der Waals surface area contributed by atoms with Gasteiger partial charge in [-0.1, -0.05) is 103 Å². The maximum atomic E-state index is 12.6. The highest BCUT2D eigenvalue weighted by Crippen LogP contribution is 2.14. The van der Waals surface area contributed by atoms with Crippen LogP contribution in [0.1, 0.15) is 67.2 Å². The molecule has 0 aliphatic rings. The van der Waals surface area contributed by atoms with Crippen LogP contribution in [0, 0.1) is 6.92 Å². The Bertz CT molecular complexity index is 2030. The number of nitrogens with zero attached hydrogens (tertiary/aromatic N) is 1. The zero-order valence-electron chi connectivity index (χ0n) is 28.7. The van der Waals surface area contributed by atoms with E-state index in [0.717, 1.165) is 22.3 Å². The quantitative estimate of drug-likeness (QED) is 0.0586. The van der Waals surface area contributed by atoms with Gasteiger partial charge in [-0.3, -0.25) is 4.79 Å². The minimum Gasteiger partial charge on any atom is -0.462 e. The fraction of sp³-hybridized carbons (Fsp3) is 0.171. The number of hydrogen-bond acceptors (Lipinski definition) is 8. The predicted octanol–water partition coefficient (Wildman–Crippen LogP) is 7.39. The van der Waals surface area contributed by atoms with Gasteiger partial charge >= 0.3 is 11.9 Å². The molecular weight excluding hydrogens is 665 g/mol. The summed E-state index contributed by atoms with van der Waals surface area (Å²) in [5.41, 5.74) is 5.74. The summed E-state index contributed by atoms with van der Waals surface area (Å²) < 4.78 is 35.2. The van der Waals surface area contributed by atoms with Crippen LogP contribution in [0.5, 0.6) is 0 Å². The number of rotatable bonds is 13. The van der Waals surface area contributed by atoms with E-state index in [2.05, 4.69) is 9.93 Å². The summed E-state index contributed by atoms with van der Waals surface area (Å²) in [5.74, 6) is -0.653. The van der Waals surface area contributed by atoms with E-state index in [-0.39, 0.29) is 22.6 Å². The summed E-state index contributed by atoms with van der Waals surface area (Å²) in [6.07, 6.45) is 0.705. The van der Waals surface area contributed by atoms with Gasteiger partial charge in [-0.15, -0.1) is 0 Å². The Balaban J connectivity index is 0.000000251. The summed E-state index contributed by atoms with van der Waals surface area (Å²) in [6, 6.07) is 39.0. The topological polar surface area (TPSA) is 128 Å². The number of nitrogens with one attached hydrogen (secondary N) is 1. The maximum absolute atomic E-state index is 12.6. The first-order valence-corrected chi connectivity index (χ1v) is 17.9. The Morgan fingerprint density at radius 1 is 0.569 bits per heavy atom. The van der Waals surface area contributed by atoms with E-state index in [1.54, 1.807) is 98.8 Å². The van der Waals surface area contributed by atoms with E-state index >= 15 is 0 Å². The van der Waals surface area contributed by atoms with Gasteiger partial charge < -0.3 is 9.47 Å². The summed E-state index contributed by atoms with van der Waals surface area (Å²) in [4.78, 5) is 37.9. The Hall–Kier alpha value is -5.87. The number of sulfonamides is 1. The number of benzene rings is 5. The second-order valence-electron chi connectivity index (χ2n) is 11.3. The largest absolute Gasteiger partial charge is 0.462 e. The van der Waals surface area contributed by atoms with Crippen molar-refractivity contribution in [1.29, 1.82) is 0 Å². The standard InChI is InChI=1S/C24H24N2O4S.C17H16O3/c1-3-30-24(27)21-13-11-19(12-14-21)17-23(20-7-5-4-6-8-20)25-26-31(28,29)22-15-9-18(2)10-16-22;1-2-20-17(19)15-10-8-13(9-11-15)12-16(18)14-6-4-3-5-7-14/h4-16,26H,3,17H2,1-2H3;3-11H,2,12H2,1H3. The van der Waals surface area contributed by atoms with Gasteiger partial charge in [0.05, 0.1) is 34.9 Å². The van der Waals surface area contributed by atoms with E-state index in [4.69, 9.17) is 9.47 Å². The summed E-state index contributed by atoms with van der Waals surface area (Å²) in [5, 5.41) is 4.23. The first-order valence-electron chi connectivity index (χ1n) is 16.4. The van der Waals surface area contributed by atoms with E-state index < -0.39 is 10.0 Å². The molecule has 0 heterocycles. The third-order valence-corrected chi connectivity index (χ3v) is 8.73. The lowest BCUT2D eigenvalue weighted by atomic mass is 10.0. The molecule has 5 aromatic rings. The molecule has 0 fully saturated rings. The van der Waals surface area contributed by atoms with Crippen molar-refractivity contribution in [3.8, 4) is 0 Å². The lowest BCUT2D eigenvalue weighted by Gasteiger charge is -2.10. The zero-order chi connectivity index (χ0) is 36.6. The van der Waals surface area contributed by atoms with E-state index in [1.165, 1.54) is 0 Å². The van der Waals surface area contributed by atoms with Gasteiger partial charge in [0.1, 0.15) is 0 Å². The van der Waals surface area contributed by atoms with Crippen LogP contribution in [-0.2, 0) is 32.3 Å². The van der Waals surface area contributed by atoms with E-state index in [0.29, 0.717) is 48.5 Å². The smallest absolute Gasteiger partial charge is 0.338 e. The van der Waals surface area contributed by atoms with E-state index in [1.807, 2.05) is 55.5 Å². The van der Waals surface area contributed by atoms with Crippen LogP contribution in [0.4, 0.5) is 0 Å². The van der Waals surface area contributed by atoms with Crippen LogP contribution in [0.25, 0.3) is 0 Å². The second-order valence-corrected chi connectivity index (χ2v) is 13.0. The van der Waals surface area contributed by atoms with Crippen molar-refractivity contribution in [2.75, 3.05) is 13.2 Å². The summed E-state index contributed by atoms with van der Waals surface area (Å²) in [6.45, 7) is 6.08. The fourth-order valence-electron chi connectivity index (χ4n) is 4.77. The SMILES string of the molecule is CCOC(=O)c1ccc(CC(=NNS(=O)(=O)c2ccc(C)cc2)c2ccccc2)cc1.CCOC(=O)c1ccc(CC(=O)c2ccccc2)cc1. The van der Waals surface area contributed by atoms with Gasteiger partial charge in [-0.25, -0.2) is 9.59 Å². The van der Waals surface area contributed by atoms with E-state index in [9.17, 15) is 22.8 Å². The van der Waals surface area contributed by atoms with Gasteiger partial charge in [0.2, 0.25) is 0 Å². The van der Waals surface area contributed by atoms with Crippen LogP contribution in [0.3, 0.4) is 0 Å². The van der Waals surface area contributed by atoms with Gasteiger partial charge in [-0.2, -0.15) is 18.4 Å². The molecule has 51 heavy (non-hydrogen) atoms. The van der Waals surface area contributed by atoms with Crippen LogP contribution in [0.2, 0.25) is 0 Å². The molecule has 0 amide bonds. The van der Waals surface area contributed by atoms with Crippen LogP contribution >= 0.6 is 0 Å². The maximum Gasteiger partial charge on any atom is 0.338 e. The Kier molecular flexibility index (Phi) is 14.0. The summed E-state index contributed by atoms with van der Waals surface area (Å²) in [7, 11) is -3.80. The van der Waals surface area contributed by atoms with Gasteiger partial charge in [-0.05, 0) is 73.9 Å². The molecule has 0 unspecified atom stereocenters. The Morgan fingerprint density at radius 2 is 1.02 bits per heavy atom. The van der Waals surface area contributed by atoms with Crippen molar-refractivity contribution in [3.05, 3.63) is 172 Å². The zero-order valence-corrected chi connectivity index (χ0v) is 29.6. The van der Waals surface area contributed by atoms with Crippen molar-refractivity contribution in [3.63, 3.8) is 0 Å². The average Bonchev–Trinajstić information content (AvgIpc) is 3.15. The number of ether oxygens (including phenoxy) is 2. The highest BCUT2D eigenvalue weighted by atomic mass is 32.2. The summed E-state index contributed by atoms with van der Waals surface area (Å²) >= 11 is 0. The lowest BCUT2D eigenvalue weighted by Crippen LogP contribution is -2.21. The Labute approximate surface area is 299 Å². The molecule has 10 heteroatoms. The van der Waals surface area contributed by atoms with Crippen molar-refractivity contribution in [2.45, 2.75) is 38.5 Å². The third-order valence-electron chi connectivity index (χ3n) is 7.50. The molecule has 1 N–H and O–H groups in total. The Morgan fingerprint density at radius 3 is 1.49 bits per heavy atom. The molecule has 0 saturated heterocycles. The highest BCUT2D eigenvalue weighted by molar-refractivity contribution is 7.89. The monoisotopic (exact) mass is 704 g/mol. The molecule has 0 aliphatic heterocycles. The van der Waals surface area contributed by atoms with Crippen molar-refractivity contribution < 1.29 is 32.3 Å². The molecule has 262 valence electrons. The minimum atomic E-state index is -3.80. The first-order chi connectivity index (χ1) is 24.6. The molecule has 0 spiro atoms. The average molecular weight is 705 g/mol. The number of Topliss-reactive ketones (excluding diaryl/α,β-unsaturated/α-hetero) is 1. The molecule has 5 rings (SSSR count). The van der Waals surface area contributed by atoms with Crippen LogP contribution < -0.4 is 4.83 Å². The molecule has 0 radical (unpaired) electrons. The fourth-order valence-corrected chi connectivity index (χ4v) is 5.60. The lowest BCUT2D eigenvalue weighted by molar-refractivity contribution is 0.0516. The predicted molar refractivity (Wildman–Crippen MR) is 197 cm³/mol. The van der Waals surface area contributed by atoms with Crippen molar-refractivity contribution in [2.24, 2.45) is 5.10 Å². The molecular formula is C41H40N2O7S. The highest BCUT2D eigenvalue weighted by Gasteiger charge is 2.15. The first kappa shape index (κ1) is 37.9. The molecule has 9 nitrogen and oxygen atoms in total. The number of carbonyl (C=O) groups excluding carboxylic acids is 3. The van der Waals surface area contributed by atoms with Gasteiger partial charge in [0.25, 0.3) is 10.0 Å². The van der Waals surface area contributed by atoms with Crippen LogP contribution in [-0.4, -0.2) is 45.1 Å². The molecule has 0 bridgehead atoms. The second kappa shape index (κ2) is 18.8. The molecule has 0 atom stereocenters. The number of esters is 2. The minimum absolute atomic E-state index is 0.0643.